The van der Waals surface area contributed by atoms with E-state index in [0.717, 1.165) is 18.5 Å². The van der Waals surface area contributed by atoms with E-state index in [9.17, 15) is 4.79 Å². The Morgan fingerprint density at radius 3 is 2.62 bits per heavy atom. The van der Waals surface area contributed by atoms with Crippen molar-refractivity contribution in [3.63, 3.8) is 0 Å². The molecule has 1 atom stereocenters. The number of nitrogens with zero attached hydrogens (tertiary/aromatic N) is 1. The second kappa shape index (κ2) is 8.79. The van der Waals surface area contributed by atoms with Crippen LogP contribution in [0.5, 0.6) is 0 Å². The fourth-order valence-electron chi connectivity index (χ4n) is 2.22. The molecule has 6 nitrogen and oxygen atoms in total. The highest BCUT2D eigenvalue weighted by Gasteiger charge is 2.34. The molecule has 0 aliphatic carbocycles. The first kappa shape index (κ1) is 17.7. The van der Waals surface area contributed by atoms with Crippen LogP contribution in [0.4, 0.5) is 0 Å². The summed E-state index contributed by atoms with van der Waals surface area (Å²) in [5, 5.41) is 18.1. The number of unbranched alkanes of at least 4 members (excludes halogenated alkanes) is 5. The van der Waals surface area contributed by atoms with Crippen molar-refractivity contribution in [2.75, 3.05) is 6.61 Å². The number of aliphatic hydroxyl groups is 1. The summed E-state index contributed by atoms with van der Waals surface area (Å²) in [5.74, 6) is -0.714. The molecule has 0 bridgehead atoms. The molecular weight excluding hydrogens is 270 g/mol. The third-order valence-corrected chi connectivity index (χ3v) is 3.67. The Labute approximate surface area is 125 Å². The number of imidazole rings is 1. The Bertz CT molecular complexity index is 434. The standard InChI is InChI=1S/C15H27N3O3/c1-2-3-4-5-6-7-8-12-10-17-13(18-12)9-15(16,11-19)14(20)21/h10,19H,2-9,11,16H2,1H3,(H,17,18)(H,20,21). The van der Waals surface area contributed by atoms with Crippen molar-refractivity contribution >= 4 is 5.97 Å². The number of aromatic amines is 1. The predicted molar refractivity (Wildman–Crippen MR) is 81.0 cm³/mol. The van der Waals surface area contributed by atoms with Gasteiger partial charge in [-0.1, -0.05) is 39.0 Å². The van der Waals surface area contributed by atoms with Crippen LogP contribution in [-0.4, -0.2) is 38.3 Å². The first-order valence-electron chi connectivity index (χ1n) is 7.67. The van der Waals surface area contributed by atoms with Crippen LogP contribution in [0.25, 0.3) is 0 Å². The maximum atomic E-state index is 11.0. The van der Waals surface area contributed by atoms with Crippen molar-refractivity contribution in [1.29, 1.82) is 0 Å². The predicted octanol–water partition coefficient (Wildman–Crippen LogP) is 1.63. The van der Waals surface area contributed by atoms with E-state index in [1.54, 1.807) is 6.20 Å². The van der Waals surface area contributed by atoms with Crippen LogP contribution in [-0.2, 0) is 17.6 Å². The molecular formula is C15H27N3O3. The zero-order valence-corrected chi connectivity index (χ0v) is 12.8. The fraction of sp³-hybridized carbons (Fsp3) is 0.733. The molecule has 21 heavy (non-hydrogen) atoms. The molecule has 1 unspecified atom stereocenters. The highest BCUT2D eigenvalue weighted by molar-refractivity contribution is 5.78. The number of carboxylic acid groups (broad SMARTS) is 1. The number of carbonyl (C=O) groups is 1. The lowest BCUT2D eigenvalue weighted by molar-refractivity contribution is -0.144. The highest BCUT2D eigenvalue weighted by atomic mass is 16.4. The van der Waals surface area contributed by atoms with Gasteiger partial charge in [0.2, 0.25) is 0 Å². The highest BCUT2D eigenvalue weighted by Crippen LogP contribution is 2.12. The summed E-state index contributed by atoms with van der Waals surface area (Å²) in [6.45, 7) is 1.59. The molecule has 0 saturated carbocycles. The van der Waals surface area contributed by atoms with Gasteiger partial charge in [0.05, 0.1) is 6.61 Å². The van der Waals surface area contributed by atoms with Crippen LogP contribution in [0.2, 0.25) is 0 Å². The van der Waals surface area contributed by atoms with Gasteiger partial charge in [-0.15, -0.1) is 0 Å². The van der Waals surface area contributed by atoms with Gasteiger partial charge in [0, 0.05) is 18.3 Å². The van der Waals surface area contributed by atoms with Gasteiger partial charge in [-0.05, 0) is 12.8 Å². The van der Waals surface area contributed by atoms with Crippen LogP contribution in [0.1, 0.15) is 57.0 Å². The monoisotopic (exact) mass is 297 g/mol. The number of hydrogen-bond donors (Lipinski definition) is 4. The molecule has 1 rings (SSSR count). The van der Waals surface area contributed by atoms with Gasteiger partial charge in [0.25, 0.3) is 0 Å². The van der Waals surface area contributed by atoms with Crippen LogP contribution >= 0.6 is 0 Å². The second-order valence-electron chi connectivity index (χ2n) is 5.67. The summed E-state index contributed by atoms with van der Waals surface area (Å²) in [6.07, 6.45) is 10.0. The zero-order chi connectivity index (χ0) is 15.7. The topological polar surface area (TPSA) is 112 Å². The zero-order valence-electron chi connectivity index (χ0n) is 12.8. The molecule has 0 fully saturated rings. The van der Waals surface area contributed by atoms with Gasteiger partial charge >= 0.3 is 5.97 Å². The van der Waals surface area contributed by atoms with Crippen LogP contribution in [0.3, 0.4) is 0 Å². The summed E-state index contributed by atoms with van der Waals surface area (Å²) in [6, 6.07) is 0. The van der Waals surface area contributed by atoms with Gasteiger partial charge in [-0.25, -0.2) is 4.98 Å². The SMILES string of the molecule is CCCCCCCCc1cnc(CC(N)(CO)C(=O)O)[nH]1. The van der Waals surface area contributed by atoms with E-state index in [-0.39, 0.29) is 6.42 Å². The molecule has 5 N–H and O–H groups in total. The first-order valence-corrected chi connectivity index (χ1v) is 7.67. The lowest BCUT2D eigenvalue weighted by atomic mass is 9.98. The summed E-state index contributed by atoms with van der Waals surface area (Å²) < 4.78 is 0. The summed E-state index contributed by atoms with van der Waals surface area (Å²) >= 11 is 0. The summed E-state index contributed by atoms with van der Waals surface area (Å²) in [7, 11) is 0. The van der Waals surface area contributed by atoms with Gasteiger partial charge < -0.3 is 20.9 Å². The molecule has 0 radical (unpaired) electrons. The molecule has 0 aliphatic heterocycles. The normalized spacial score (nSPS) is 14.0. The average Bonchev–Trinajstić information content (AvgIpc) is 2.89. The molecule has 120 valence electrons. The molecule has 0 aromatic carbocycles. The quantitative estimate of drug-likeness (QED) is 0.464. The van der Waals surface area contributed by atoms with Crippen molar-refractivity contribution in [1.82, 2.24) is 9.97 Å². The lowest BCUT2D eigenvalue weighted by Gasteiger charge is -2.20. The maximum absolute atomic E-state index is 11.0. The number of aliphatic carboxylic acids is 1. The minimum absolute atomic E-state index is 0.00463. The number of aliphatic hydroxyl groups excluding tert-OH is 1. The first-order chi connectivity index (χ1) is 10.0. The van der Waals surface area contributed by atoms with Crippen molar-refractivity contribution in [3.8, 4) is 0 Å². The Hall–Kier alpha value is -1.40. The largest absolute Gasteiger partial charge is 0.480 e. The smallest absolute Gasteiger partial charge is 0.326 e. The third-order valence-electron chi connectivity index (χ3n) is 3.67. The second-order valence-corrected chi connectivity index (χ2v) is 5.67. The van der Waals surface area contributed by atoms with Crippen molar-refractivity contribution < 1.29 is 15.0 Å². The van der Waals surface area contributed by atoms with E-state index in [4.69, 9.17) is 15.9 Å². The molecule has 0 aliphatic rings. The van der Waals surface area contributed by atoms with Crippen LogP contribution < -0.4 is 5.73 Å². The van der Waals surface area contributed by atoms with E-state index >= 15 is 0 Å². The third kappa shape index (κ3) is 5.85. The minimum atomic E-state index is -1.67. The molecule has 1 aromatic rings. The van der Waals surface area contributed by atoms with E-state index < -0.39 is 18.1 Å². The number of nitrogens with two attached hydrogens (primary N) is 1. The average molecular weight is 297 g/mol. The van der Waals surface area contributed by atoms with E-state index in [1.165, 1.54) is 32.1 Å². The molecule has 0 spiro atoms. The number of carboxylic acids is 1. The van der Waals surface area contributed by atoms with Gasteiger partial charge in [-0.2, -0.15) is 0 Å². The number of nitrogens with one attached hydrogen (secondary N) is 1. The van der Waals surface area contributed by atoms with Gasteiger partial charge in [0.1, 0.15) is 11.4 Å². The summed E-state index contributed by atoms with van der Waals surface area (Å²) in [5.41, 5.74) is 4.96. The Morgan fingerprint density at radius 2 is 2.00 bits per heavy atom. The minimum Gasteiger partial charge on any atom is -0.480 e. The van der Waals surface area contributed by atoms with Crippen LogP contribution in [0, 0.1) is 0 Å². The number of hydrogen-bond acceptors (Lipinski definition) is 4. The molecule has 0 amide bonds. The van der Waals surface area contributed by atoms with Crippen molar-refractivity contribution in [3.05, 3.63) is 17.7 Å². The molecule has 1 aromatic heterocycles. The number of aryl methyl sites for hydroxylation is 1. The fourth-order valence-corrected chi connectivity index (χ4v) is 2.22. The van der Waals surface area contributed by atoms with Gasteiger partial charge in [0.15, 0.2) is 0 Å². The van der Waals surface area contributed by atoms with Crippen LogP contribution in [0.15, 0.2) is 6.20 Å². The molecule has 1 heterocycles. The van der Waals surface area contributed by atoms with Crippen molar-refractivity contribution in [2.24, 2.45) is 5.73 Å². The Kier molecular flexibility index (Phi) is 7.39. The number of H-pyrrole nitrogens is 1. The Morgan fingerprint density at radius 1 is 1.33 bits per heavy atom. The van der Waals surface area contributed by atoms with Crippen molar-refractivity contribution in [2.45, 2.75) is 63.8 Å². The lowest BCUT2D eigenvalue weighted by Crippen LogP contribution is -2.53. The summed E-state index contributed by atoms with van der Waals surface area (Å²) in [4.78, 5) is 18.3. The van der Waals surface area contributed by atoms with E-state index in [0.29, 0.717) is 5.82 Å². The number of aromatic nitrogens is 2. The maximum Gasteiger partial charge on any atom is 0.326 e. The number of rotatable bonds is 11. The molecule has 0 saturated heterocycles. The van der Waals surface area contributed by atoms with E-state index in [2.05, 4.69) is 16.9 Å². The molecule has 6 heteroatoms. The van der Waals surface area contributed by atoms with Gasteiger partial charge in [-0.3, -0.25) is 4.79 Å². The van der Waals surface area contributed by atoms with E-state index in [1.807, 2.05) is 0 Å². The Balaban J connectivity index is 2.38.